The number of nitrogens with one attached hydrogen (secondary N) is 1. The van der Waals surface area contributed by atoms with E-state index in [1.807, 2.05) is 0 Å². The largest absolute Gasteiger partial charge is 0.383 e. The first-order valence-electron chi connectivity index (χ1n) is 4.80. The average Bonchev–Trinajstić information content (AvgIpc) is 2.27. The van der Waals surface area contributed by atoms with E-state index < -0.39 is 0 Å². The van der Waals surface area contributed by atoms with E-state index >= 15 is 0 Å². The molecule has 1 aromatic carbocycles. The number of methoxy groups -OCH3 is 1. The Morgan fingerprint density at radius 1 is 1.50 bits per heavy atom. The van der Waals surface area contributed by atoms with Crippen LogP contribution in [0.5, 0.6) is 0 Å². The molecule has 0 heterocycles. The number of benzene rings is 1. The van der Waals surface area contributed by atoms with Crippen LogP contribution in [0.3, 0.4) is 0 Å². The zero-order valence-corrected chi connectivity index (χ0v) is 10.5. The lowest BCUT2D eigenvalue weighted by atomic mass is 10.2. The molecule has 88 valence electrons. The summed E-state index contributed by atoms with van der Waals surface area (Å²) in [6.45, 7) is 0.980. The number of carbonyl (C=O) groups excluding carboxylic acids is 1. The smallest absolute Gasteiger partial charge is 0.251 e. The number of halogens is 2. The Morgan fingerprint density at radius 2 is 2.12 bits per heavy atom. The van der Waals surface area contributed by atoms with Gasteiger partial charge in [-0.05, 0) is 24.3 Å². The number of amides is 1. The minimum Gasteiger partial charge on any atom is -0.383 e. The topological polar surface area (TPSA) is 38.3 Å². The van der Waals surface area contributed by atoms with E-state index in [9.17, 15) is 9.18 Å². The Labute approximate surface area is 102 Å². The Hall–Kier alpha value is -0.940. The molecule has 0 fully saturated rings. The number of ether oxygens (including phenoxy) is 1. The van der Waals surface area contributed by atoms with Gasteiger partial charge < -0.3 is 10.1 Å². The van der Waals surface area contributed by atoms with Gasteiger partial charge in [0.15, 0.2) is 0 Å². The van der Waals surface area contributed by atoms with E-state index in [4.69, 9.17) is 4.74 Å². The van der Waals surface area contributed by atoms with Gasteiger partial charge >= 0.3 is 0 Å². The Bertz CT molecular complexity index is 342. The highest BCUT2D eigenvalue weighted by Gasteiger charge is 2.08. The minimum absolute atomic E-state index is 0.0712. The summed E-state index contributed by atoms with van der Waals surface area (Å²) in [5, 5.41) is 2.71. The SMILES string of the molecule is COCC(Br)CNC(=O)c1ccc(F)cc1. The molecule has 0 aliphatic rings. The van der Waals surface area contributed by atoms with Crippen LogP contribution in [0.4, 0.5) is 4.39 Å². The zero-order valence-electron chi connectivity index (χ0n) is 8.87. The van der Waals surface area contributed by atoms with Crippen molar-refractivity contribution in [3.63, 3.8) is 0 Å². The van der Waals surface area contributed by atoms with Gasteiger partial charge in [0, 0.05) is 19.2 Å². The van der Waals surface area contributed by atoms with Crippen molar-refractivity contribution in [1.29, 1.82) is 0 Å². The lowest BCUT2D eigenvalue weighted by Crippen LogP contribution is -2.31. The lowest BCUT2D eigenvalue weighted by Gasteiger charge is -2.10. The highest BCUT2D eigenvalue weighted by Crippen LogP contribution is 2.03. The van der Waals surface area contributed by atoms with Crippen molar-refractivity contribution in [2.75, 3.05) is 20.3 Å². The molecule has 0 saturated carbocycles. The van der Waals surface area contributed by atoms with Crippen LogP contribution in [-0.2, 0) is 4.74 Å². The van der Waals surface area contributed by atoms with Crippen LogP contribution in [0.15, 0.2) is 24.3 Å². The first kappa shape index (κ1) is 13.1. The molecule has 16 heavy (non-hydrogen) atoms. The maximum absolute atomic E-state index is 12.6. The fraction of sp³-hybridized carbons (Fsp3) is 0.364. The fourth-order valence-electron chi connectivity index (χ4n) is 1.15. The molecule has 0 radical (unpaired) electrons. The molecule has 3 nitrogen and oxygen atoms in total. The molecule has 1 aromatic rings. The summed E-state index contributed by atoms with van der Waals surface area (Å²) in [7, 11) is 1.59. The molecule has 0 bridgehead atoms. The van der Waals surface area contributed by atoms with Crippen molar-refractivity contribution in [1.82, 2.24) is 5.32 Å². The molecule has 0 aliphatic heterocycles. The van der Waals surface area contributed by atoms with Crippen molar-refractivity contribution in [2.45, 2.75) is 4.83 Å². The maximum atomic E-state index is 12.6. The molecule has 1 atom stereocenters. The van der Waals surface area contributed by atoms with E-state index in [0.717, 1.165) is 0 Å². The van der Waals surface area contributed by atoms with E-state index in [2.05, 4.69) is 21.2 Å². The zero-order chi connectivity index (χ0) is 12.0. The Kier molecular flexibility index (Phi) is 5.42. The quantitative estimate of drug-likeness (QED) is 0.842. The summed E-state index contributed by atoms with van der Waals surface area (Å²) in [6.07, 6.45) is 0. The van der Waals surface area contributed by atoms with Gasteiger partial charge in [0.05, 0.1) is 11.4 Å². The summed E-state index contributed by atoms with van der Waals surface area (Å²) >= 11 is 3.35. The van der Waals surface area contributed by atoms with Crippen molar-refractivity contribution in [3.8, 4) is 0 Å². The molecule has 1 amide bonds. The van der Waals surface area contributed by atoms with Crippen LogP contribution in [0.1, 0.15) is 10.4 Å². The third-order valence-corrected chi connectivity index (χ3v) is 2.53. The summed E-state index contributed by atoms with van der Waals surface area (Å²) in [6, 6.07) is 5.42. The fourth-order valence-corrected chi connectivity index (χ4v) is 1.57. The van der Waals surface area contributed by atoms with Crippen molar-refractivity contribution in [2.24, 2.45) is 0 Å². The van der Waals surface area contributed by atoms with E-state index in [0.29, 0.717) is 18.7 Å². The van der Waals surface area contributed by atoms with Gasteiger partial charge in [0.2, 0.25) is 0 Å². The van der Waals surface area contributed by atoms with Gasteiger partial charge in [-0.15, -0.1) is 0 Å². The van der Waals surface area contributed by atoms with E-state index in [1.165, 1.54) is 24.3 Å². The first-order valence-corrected chi connectivity index (χ1v) is 5.72. The number of rotatable bonds is 5. The third kappa shape index (κ3) is 4.28. The molecule has 5 heteroatoms. The summed E-state index contributed by atoms with van der Waals surface area (Å²) in [4.78, 5) is 11.6. The predicted octanol–water partition coefficient (Wildman–Crippen LogP) is 1.97. The standard InChI is InChI=1S/C11H13BrFNO2/c1-16-7-9(12)6-14-11(15)8-2-4-10(13)5-3-8/h2-5,9H,6-7H2,1H3,(H,14,15). The molecule has 0 aromatic heterocycles. The second kappa shape index (κ2) is 6.60. The minimum atomic E-state index is -0.352. The van der Waals surface area contributed by atoms with Crippen LogP contribution in [-0.4, -0.2) is 31.0 Å². The summed E-state index contributed by atoms with van der Waals surface area (Å²) in [5.74, 6) is -0.574. The van der Waals surface area contributed by atoms with E-state index in [1.54, 1.807) is 7.11 Å². The second-order valence-corrected chi connectivity index (χ2v) is 4.56. The monoisotopic (exact) mass is 289 g/mol. The van der Waals surface area contributed by atoms with Gasteiger partial charge in [0.1, 0.15) is 5.82 Å². The molecule has 0 spiro atoms. The molecular weight excluding hydrogens is 277 g/mol. The highest BCUT2D eigenvalue weighted by atomic mass is 79.9. The number of alkyl halides is 1. The van der Waals surface area contributed by atoms with Crippen LogP contribution in [0.2, 0.25) is 0 Å². The molecule has 0 saturated heterocycles. The van der Waals surface area contributed by atoms with Crippen molar-refractivity contribution < 1.29 is 13.9 Å². The summed E-state index contributed by atoms with van der Waals surface area (Å²) < 4.78 is 17.5. The van der Waals surface area contributed by atoms with Gasteiger partial charge in [-0.25, -0.2) is 4.39 Å². The van der Waals surface area contributed by atoms with E-state index in [-0.39, 0.29) is 16.6 Å². The molecule has 1 rings (SSSR count). The maximum Gasteiger partial charge on any atom is 0.251 e. The highest BCUT2D eigenvalue weighted by molar-refractivity contribution is 9.09. The predicted molar refractivity (Wildman–Crippen MR) is 63.3 cm³/mol. The second-order valence-electron chi connectivity index (χ2n) is 3.27. The van der Waals surface area contributed by atoms with Crippen LogP contribution in [0.25, 0.3) is 0 Å². The van der Waals surface area contributed by atoms with Gasteiger partial charge in [-0.3, -0.25) is 4.79 Å². The molecule has 1 unspecified atom stereocenters. The van der Waals surface area contributed by atoms with Crippen LogP contribution < -0.4 is 5.32 Å². The summed E-state index contributed by atoms with van der Waals surface area (Å²) in [5.41, 5.74) is 0.443. The number of hydrogen-bond acceptors (Lipinski definition) is 2. The molecule has 0 aliphatic carbocycles. The van der Waals surface area contributed by atoms with Gasteiger partial charge in [-0.2, -0.15) is 0 Å². The molecular formula is C11H13BrFNO2. The molecule has 1 N–H and O–H groups in total. The average molecular weight is 290 g/mol. The van der Waals surface area contributed by atoms with Gasteiger partial charge in [0.25, 0.3) is 5.91 Å². The first-order chi connectivity index (χ1) is 7.63. The van der Waals surface area contributed by atoms with Crippen molar-refractivity contribution in [3.05, 3.63) is 35.6 Å². The Morgan fingerprint density at radius 3 is 2.69 bits per heavy atom. The van der Waals surface area contributed by atoms with Crippen molar-refractivity contribution >= 4 is 21.8 Å². The third-order valence-electron chi connectivity index (χ3n) is 1.94. The number of carbonyl (C=O) groups is 1. The Balaban J connectivity index is 2.43. The van der Waals surface area contributed by atoms with Crippen LogP contribution in [0, 0.1) is 5.82 Å². The van der Waals surface area contributed by atoms with Crippen LogP contribution >= 0.6 is 15.9 Å². The lowest BCUT2D eigenvalue weighted by molar-refractivity contribution is 0.0950. The van der Waals surface area contributed by atoms with Gasteiger partial charge in [-0.1, -0.05) is 15.9 Å². The normalized spacial score (nSPS) is 12.2. The number of hydrogen-bond donors (Lipinski definition) is 1.